The lowest BCUT2D eigenvalue weighted by atomic mass is 10.1. The molecule has 3 aromatic rings. The molecule has 0 radical (unpaired) electrons. The second kappa shape index (κ2) is 13.3. The summed E-state index contributed by atoms with van der Waals surface area (Å²) in [5, 5.41) is 19.5. The number of carbonyl (C=O) groups excluding carboxylic acids is 2. The molecule has 1 N–H and O–H groups in total. The van der Waals surface area contributed by atoms with Gasteiger partial charge in [-0.3, -0.25) is 9.59 Å². The lowest BCUT2D eigenvalue weighted by molar-refractivity contribution is 0.102. The van der Waals surface area contributed by atoms with Crippen molar-refractivity contribution in [3.05, 3.63) is 101 Å². The lowest BCUT2D eigenvalue weighted by Gasteiger charge is -2.08. The maximum absolute atomic E-state index is 12.0. The molecule has 31 heavy (non-hydrogen) atoms. The number of nitriles is 2. The summed E-state index contributed by atoms with van der Waals surface area (Å²) >= 11 is 5.18. The van der Waals surface area contributed by atoms with E-state index >= 15 is 0 Å². The predicted octanol–water partition coefficient (Wildman–Crippen LogP) is 6.08. The molecule has 0 unspecified atom stereocenters. The lowest BCUT2D eigenvalue weighted by Crippen LogP contribution is -2.12. The van der Waals surface area contributed by atoms with Gasteiger partial charge in [-0.2, -0.15) is 10.5 Å². The topological polar surface area (TPSA) is 93.8 Å². The minimum absolute atomic E-state index is 0.207. The first-order valence-electron chi connectivity index (χ1n) is 9.51. The molecular formula is C25H22ClN3O2. The van der Waals surface area contributed by atoms with Crippen molar-refractivity contribution in [2.75, 3.05) is 5.32 Å². The van der Waals surface area contributed by atoms with Crippen LogP contribution in [0.25, 0.3) is 0 Å². The highest BCUT2D eigenvalue weighted by Gasteiger charge is 2.07. The number of aryl methyl sites for hydroxylation is 1. The molecule has 0 aromatic heterocycles. The fraction of sp³-hybridized carbons (Fsp3) is 0.120. The van der Waals surface area contributed by atoms with Crippen molar-refractivity contribution < 1.29 is 9.59 Å². The van der Waals surface area contributed by atoms with E-state index in [0.29, 0.717) is 22.3 Å². The highest BCUT2D eigenvalue weighted by molar-refractivity contribution is 6.67. The van der Waals surface area contributed by atoms with Gasteiger partial charge in [0, 0.05) is 16.8 Å². The van der Waals surface area contributed by atoms with E-state index < -0.39 is 5.24 Å². The molecule has 0 aliphatic rings. The Balaban J connectivity index is 0.000000317. The predicted molar refractivity (Wildman–Crippen MR) is 123 cm³/mol. The molecule has 0 atom stereocenters. The van der Waals surface area contributed by atoms with Gasteiger partial charge >= 0.3 is 0 Å². The molecule has 0 saturated carbocycles. The number of hydrogen-bond donors (Lipinski definition) is 1. The summed E-state index contributed by atoms with van der Waals surface area (Å²) in [4.78, 5) is 22.6. The van der Waals surface area contributed by atoms with Gasteiger partial charge in [0.1, 0.15) is 0 Å². The summed E-state index contributed by atoms with van der Waals surface area (Å²) in [5.41, 5.74) is 3.54. The first-order chi connectivity index (χ1) is 14.9. The fourth-order valence-corrected chi connectivity index (χ4v) is 2.47. The molecule has 0 bridgehead atoms. The van der Waals surface area contributed by atoms with Crippen molar-refractivity contribution >= 4 is 28.4 Å². The third-order valence-electron chi connectivity index (χ3n) is 3.87. The largest absolute Gasteiger partial charge is 0.322 e. The van der Waals surface area contributed by atoms with Crippen molar-refractivity contribution in [2.45, 2.75) is 20.8 Å². The maximum atomic E-state index is 12.0. The van der Waals surface area contributed by atoms with Gasteiger partial charge in [0.15, 0.2) is 0 Å². The Morgan fingerprint density at radius 1 is 0.806 bits per heavy atom. The van der Waals surface area contributed by atoms with Crippen LogP contribution in [0.1, 0.15) is 51.3 Å². The maximum Gasteiger partial charge on any atom is 0.255 e. The summed E-state index contributed by atoms with van der Waals surface area (Å²) < 4.78 is 0. The number of benzene rings is 3. The zero-order chi connectivity index (χ0) is 23.2. The Morgan fingerprint density at radius 2 is 1.32 bits per heavy atom. The van der Waals surface area contributed by atoms with Crippen molar-refractivity contribution in [1.82, 2.24) is 0 Å². The summed E-state index contributed by atoms with van der Waals surface area (Å²) in [7, 11) is 0. The van der Waals surface area contributed by atoms with Crippen LogP contribution >= 0.6 is 11.6 Å². The van der Waals surface area contributed by atoms with E-state index in [1.807, 2.05) is 57.2 Å². The van der Waals surface area contributed by atoms with Crippen molar-refractivity contribution in [3.8, 4) is 12.1 Å². The second-order valence-electron chi connectivity index (χ2n) is 5.93. The molecule has 6 heteroatoms. The van der Waals surface area contributed by atoms with E-state index in [9.17, 15) is 9.59 Å². The van der Waals surface area contributed by atoms with Crippen LogP contribution in [-0.4, -0.2) is 11.1 Å². The third-order valence-corrected chi connectivity index (χ3v) is 4.08. The average Bonchev–Trinajstić information content (AvgIpc) is 2.82. The van der Waals surface area contributed by atoms with E-state index in [-0.39, 0.29) is 5.91 Å². The number of para-hydroxylation sites is 1. The van der Waals surface area contributed by atoms with Crippen molar-refractivity contribution in [2.24, 2.45) is 0 Å². The van der Waals surface area contributed by atoms with Gasteiger partial charge in [-0.05, 0) is 60.5 Å². The van der Waals surface area contributed by atoms with Gasteiger partial charge in [-0.1, -0.05) is 50.2 Å². The summed E-state index contributed by atoms with van der Waals surface area (Å²) in [6.45, 7) is 5.93. The molecule has 5 nitrogen and oxygen atoms in total. The minimum atomic E-state index is -0.540. The summed E-state index contributed by atoms with van der Waals surface area (Å²) in [5.74, 6) is -0.207. The van der Waals surface area contributed by atoms with Crippen LogP contribution in [0.15, 0.2) is 72.8 Å². The van der Waals surface area contributed by atoms with Crippen LogP contribution in [0, 0.1) is 29.6 Å². The Labute approximate surface area is 187 Å². The van der Waals surface area contributed by atoms with Gasteiger partial charge in [-0.25, -0.2) is 0 Å². The molecule has 0 aliphatic carbocycles. The monoisotopic (exact) mass is 431 g/mol. The second-order valence-corrected chi connectivity index (χ2v) is 6.27. The zero-order valence-corrected chi connectivity index (χ0v) is 18.3. The molecule has 0 saturated heterocycles. The zero-order valence-electron chi connectivity index (χ0n) is 17.5. The minimum Gasteiger partial charge on any atom is -0.322 e. The number of halogens is 1. The molecular weight excluding hydrogens is 410 g/mol. The Kier molecular flexibility index (Phi) is 10.8. The standard InChI is InChI=1S/C15H12N2O.C8H4ClNO.C2H6/c1-11-5-2-3-8-14(11)17-15(18)13-7-4-6-12(9-13)10-16;9-8(11)7-3-1-2-6(4-7)5-10;1-2/h2-9H,1H3,(H,17,18);1-4H;1-2H3. The van der Waals surface area contributed by atoms with E-state index in [1.165, 1.54) is 6.07 Å². The molecule has 0 fully saturated rings. The highest BCUT2D eigenvalue weighted by atomic mass is 35.5. The summed E-state index contributed by atoms with van der Waals surface area (Å²) in [6, 6.07) is 24.4. The molecule has 3 aromatic carbocycles. The Bertz CT molecular complexity index is 1130. The quantitative estimate of drug-likeness (QED) is 0.508. The smallest absolute Gasteiger partial charge is 0.255 e. The Hall–Kier alpha value is -3.93. The van der Waals surface area contributed by atoms with E-state index in [4.69, 9.17) is 22.1 Å². The fourth-order valence-electron chi connectivity index (χ4n) is 2.35. The van der Waals surface area contributed by atoms with Crippen LogP contribution in [0.5, 0.6) is 0 Å². The number of amides is 1. The number of anilines is 1. The van der Waals surface area contributed by atoms with Gasteiger partial charge in [0.2, 0.25) is 0 Å². The number of hydrogen-bond acceptors (Lipinski definition) is 4. The number of carbonyl (C=O) groups is 2. The molecule has 3 rings (SSSR count). The molecule has 0 spiro atoms. The van der Waals surface area contributed by atoms with Gasteiger partial charge in [0.25, 0.3) is 11.1 Å². The molecule has 156 valence electrons. The van der Waals surface area contributed by atoms with E-state index in [1.54, 1.807) is 42.5 Å². The number of nitrogens with one attached hydrogen (secondary N) is 1. The van der Waals surface area contributed by atoms with Gasteiger partial charge in [-0.15, -0.1) is 0 Å². The first kappa shape index (κ1) is 25.1. The average molecular weight is 432 g/mol. The van der Waals surface area contributed by atoms with E-state index in [0.717, 1.165) is 11.3 Å². The molecule has 0 heterocycles. The van der Waals surface area contributed by atoms with Crippen LogP contribution < -0.4 is 5.32 Å². The highest BCUT2D eigenvalue weighted by Crippen LogP contribution is 2.15. The molecule has 0 aliphatic heterocycles. The van der Waals surface area contributed by atoms with Crippen LogP contribution in [0.4, 0.5) is 5.69 Å². The van der Waals surface area contributed by atoms with E-state index in [2.05, 4.69) is 5.32 Å². The third kappa shape index (κ3) is 8.14. The van der Waals surface area contributed by atoms with Crippen LogP contribution in [0.2, 0.25) is 0 Å². The number of nitrogens with zero attached hydrogens (tertiary/aromatic N) is 2. The number of rotatable bonds is 3. The first-order valence-corrected chi connectivity index (χ1v) is 9.89. The van der Waals surface area contributed by atoms with Gasteiger partial charge < -0.3 is 5.32 Å². The SMILES string of the molecule is CC.Cc1ccccc1NC(=O)c1cccc(C#N)c1.N#Cc1cccc(C(=O)Cl)c1. The van der Waals surface area contributed by atoms with Crippen LogP contribution in [-0.2, 0) is 0 Å². The van der Waals surface area contributed by atoms with Crippen molar-refractivity contribution in [3.63, 3.8) is 0 Å². The summed E-state index contributed by atoms with van der Waals surface area (Å²) in [6.07, 6.45) is 0. The van der Waals surface area contributed by atoms with Crippen LogP contribution in [0.3, 0.4) is 0 Å². The molecule has 1 amide bonds. The Morgan fingerprint density at radius 3 is 1.84 bits per heavy atom. The normalized spacial score (nSPS) is 8.84. The van der Waals surface area contributed by atoms with Gasteiger partial charge in [0.05, 0.1) is 23.3 Å². The van der Waals surface area contributed by atoms with Crippen molar-refractivity contribution in [1.29, 1.82) is 10.5 Å².